The Labute approximate surface area is 96.0 Å². The molecule has 2 nitrogen and oxygen atoms in total. The largest absolute Gasteiger partial charge is 0.316 e. The molecule has 2 atom stereocenters. The fourth-order valence-corrected chi connectivity index (χ4v) is 2.29. The molecule has 1 aliphatic rings. The van der Waals surface area contributed by atoms with Crippen LogP contribution >= 0.6 is 0 Å². The molecule has 0 radical (unpaired) electrons. The predicted molar refractivity (Wildman–Crippen MR) is 63.5 cm³/mol. The van der Waals surface area contributed by atoms with Crippen molar-refractivity contribution in [1.82, 2.24) is 5.32 Å². The highest BCUT2D eigenvalue weighted by molar-refractivity contribution is 5.17. The first-order chi connectivity index (χ1) is 7.74. The maximum Gasteiger partial charge on any atom is 0.123 e. The summed E-state index contributed by atoms with van der Waals surface area (Å²) in [6.45, 7) is 0. The second kappa shape index (κ2) is 5.41. The molecule has 2 rings (SSSR count). The molecule has 3 heteroatoms. The zero-order chi connectivity index (χ0) is 11.4. The first-order valence-corrected chi connectivity index (χ1v) is 6.00. The van der Waals surface area contributed by atoms with Crippen LogP contribution in [0.1, 0.15) is 31.2 Å². The Morgan fingerprint density at radius 2 is 1.88 bits per heavy atom. The van der Waals surface area contributed by atoms with Crippen molar-refractivity contribution in [3.8, 4) is 0 Å². The summed E-state index contributed by atoms with van der Waals surface area (Å²) in [6, 6.07) is 7.18. The van der Waals surface area contributed by atoms with Crippen LogP contribution in [-0.2, 0) is 6.42 Å². The van der Waals surface area contributed by atoms with E-state index in [9.17, 15) is 4.39 Å². The van der Waals surface area contributed by atoms with E-state index in [-0.39, 0.29) is 12.0 Å². The van der Waals surface area contributed by atoms with Crippen molar-refractivity contribution >= 4 is 0 Å². The van der Waals surface area contributed by atoms with Crippen LogP contribution in [0.5, 0.6) is 0 Å². The number of benzene rings is 1. The van der Waals surface area contributed by atoms with E-state index in [1.165, 1.54) is 30.5 Å². The van der Waals surface area contributed by atoms with Crippen LogP contribution in [0.3, 0.4) is 0 Å². The number of hydrogen-bond donors (Lipinski definition) is 2. The van der Waals surface area contributed by atoms with Crippen molar-refractivity contribution < 1.29 is 4.39 Å². The number of hydrogen-bond acceptors (Lipinski definition) is 2. The van der Waals surface area contributed by atoms with Crippen molar-refractivity contribution in [1.29, 1.82) is 0 Å². The van der Waals surface area contributed by atoms with Crippen LogP contribution in [0.2, 0.25) is 0 Å². The van der Waals surface area contributed by atoms with E-state index < -0.39 is 0 Å². The third-order valence-electron chi connectivity index (χ3n) is 3.16. The lowest BCUT2D eigenvalue weighted by atomic mass is 10.0. The number of halogens is 1. The number of nitrogens with one attached hydrogen (secondary N) is 1. The number of nitrogens with two attached hydrogens (primary N) is 1. The van der Waals surface area contributed by atoms with Gasteiger partial charge in [0.2, 0.25) is 0 Å². The van der Waals surface area contributed by atoms with Gasteiger partial charge in [-0.05, 0) is 37.0 Å². The zero-order valence-electron chi connectivity index (χ0n) is 9.45. The molecule has 16 heavy (non-hydrogen) atoms. The summed E-state index contributed by atoms with van der Waals surface area (Å²) in [4.78, 5) is 0. The average Bonchev–Trinajstić information content (AvgIpc) is 2.46. The maximum atomic E-state index is 12.8. The molecule has 0 aliphatic carbocycles. The second-order valence-electron chi connectivity index (χ2n) is 4.59. The fourth-order valence-electron chi connectivity index (χ4n) is 2.29. The van der Waals surface area contributed by atoms with Crippen LogP contribution in [0.15, 0.2) is 24.3 Å². The summed E-state index contributed by atoms with van der Waals surface area (Å²) >= 11 is 0. The van der Waals surface area contributed by atoms with Crippen molar-refractivity contribution in [2.75, 3.05) is 0 Å². The molecule has 0 aromatic heterocycles. The predicted octanol–water partition coefficient (Wildman–Crippen LogP) is 2.19. The van der Waals surface area contributed by atoms with Gasteiger partial charge < -0.3 is 5.73 Å². The molecule has 0 amide bonds. The third kappa shape index (κ3) is 3.29. The standard InChI is InChI=1S/C13H19FN2/c14-11-7-5-10(6-8-11)9-12-3-1-2-4-13(15)16-12/h5-8,12-13,16H,1-4,9,15H2. The topological polar surface area (TPSA) is 38.0 Å². The number of rotatable bonds is 2. The summed E-state index contributed by atoms with van der Waals surface area (Å²) in [5.41, 5.74) is 7.11. The van der Waals surface area contributed by atoms with Crippen LogP contribution in [0.25, 0.3) is 0 Å². The van der Waals surface area contributed by atoms with E-state index in [2.05, 4.69) is 5.32 Å². The van der Waals surface area contributed by atoms with Crippen molar-refractivity contribution in [2.24, 2.45) is 5.73 Å². The van der Waals surface area contributed by atoms with Gasteiger partial charge in [0.05, 0.1) is 6.17 Å². The van der Waals surface area contributed by atoms with Gasteiger partial charge in [0.25, 0.3) is 0 Å². The Bertz CT molecular complexity index is 323. The minimum Gasteiger partial charge on any atom is -0.316 e. The van der Waals surface area contributed by atoms with Gasteiger partial charge in [-0.15, -0.1) is 0 Å². The molecule has 0 saturated carbocycles. The molecule has 1 aromatic rings. The van der Waals surface area contributed by atoms with E-state index in [0.717, 1.165) is 19.3 Å². The highest BCUT2D eigenvalue weighted by atomic mass is 19.1. The van der Waals surface area contributed by atoms with Gasteiger partial charge in [0.15, 0.2) is 0 Å². The van der Waals surface area contributed by atoms with Gasteiger partial charge in [-0.3, -0.25) is 5.32 Å². The molecule has 2 unspecified atom stereocenters. The minimum atomic E-state index is -0.172. The third-order valence-corrected chi connectivity index (χ3v) is 3.16. The zero-order valence-corrected chi connectivity index (χ0v) is 9.45. The Balaban J connectivity index is 1.95. The Kier molecular flexibility index (Phi) is 3.91. The Morgan fingerprint density at radius 1 is 1.19 bits per heavy atom. The fraction of sp³-hybridized carbons (Fsp3) is 0.538. The summed E-state index contributed by atoms with van der Waals surface area (Å²) in [5.74, 6) is -0.172. The Morgan fingerprint density at radius 3 is 2.62 bits per heavy atom. The summed E-state index contributed by atoms with van der Waals surface area (Å²) in [5, 5.41) is 3.43. The molecule has 1 aliphatic heterocycles. The van der Waals surface area contributed by atoms with Crippen LogP contribution in [0, 0.1) is 5.82 Å². The molecule has 1 fully saturated rings. The van der Waals surface area contributed by atoms with Crippen LogP contribution in [0.4, 0.5) is 4.39 Å². The van der Waals surface area contributed by atoms with Crippen molar-refractivity contribution in [3.63, 3.8) is 0 Å². The molecular formula is C13H19FN2. The lowest BCUT2D eigenvalue weighted by molar-refractivity contribution is 0.434. The highest BCUT2D eigenvalue weighted by Gasteiger charge is 2.16. The lowest BCUT2D eigenvalue weighted by Gasteiger charge is -2.19. The molecule has 88 valence electrons. The molecule has 0 spiro atoms. The Hall–Kier alpha value is -0.930. The summed E-state index contributed by atoms with van der Waals surface area (Å²) < 4.78 is 12.8. The van der Waals surface area contributed by atoms with Crippen molar-refractivity contribution in [2.45, 2.75) is 44.3 Å². The highest BCUT2D eigenvalue weighted by Crippen LogP contribution is 2.15. The quantitative estimate of drug-likeness (QED) is 0.805. The van der Waals surface area contributed by atoms with Gasteiger partial charge in [0, 0.05) is 6.04 Å². The van der Waals surface area contributed by atoms with E-state index in [1.807, 2.05) is 12.1 Å². The summed E-state index contributed by atoms with van der Waals surface area (Å²) in [6.07, 6.45) is 5.70. The molecule has 3 N–H and O–H groups in total. The second-order valence-corrected chi connectivity index (χ2v) is 4.59. The smallest absolute Gasteiger partial charge is 0.123 e. The van der Waals surface area contributed by atoms with Gasteiger partial charge in [-0.1, -0.05) is 25.0 Å². The van der Waals surface area contributed by atoms with E-state index in [0.29, 0.717) is 6.04 Å². The van der Waals surface area contributed by atoms with E-state index in [4.69, 9.17) is 5.73 Å². The van der Waals surface area contributed by atoms with Crippen LogP contribution < -0.4 is 11.1 Å². The molecule has 1 aromatic carbocycles. The monoisotopic (exact) mass is 222 g/mol. The first kappa shape index (κ1) is 11.6. The van der Waals surface area contributed by atoms with Gasteiger partial charge in [-0.25, -0.2) is 4.39 Å². The SMILES string of the molecule is NC1CCCCC(Cc2ccc(F)cc2)N1. The maximum absolute atomic E-state index is 12.8. The molecule has 1 heterocycles. The lowest BCUT2D eigenvalue weighted by Crippen LogP contribution is -2.43. The van der Waals surface area contributed by atoms with Gasteiger partial charge in [0.1, 0.15) is 5.82 Å². The van der Waals surface area contributed by atoms with E-state index >= 15 is 0 Å². The molecular weight excluding hydrogens is 203 g/mol. The van der Waals surface area contributed by atoms with Gasteiger partial charge >= 0.3 is 0 Å². The van der Waals surface area contributed by atoms with E-state index in [1.54, 1.807) is 0 Å². The van der Waals surface area contributed by atoms with Crippen molar-refractivity contribution in [3.05, 3.63) is 35.6 Å². The normalized spacial score (nSPS) is 26.4. The average molecular weight is 222 g/mol. The molecule has 1 saturated heterocycles. The molecule has 0 bridgehead atoms. The first-order valence-electron chi connectivity index (χ1n) is 6.00. The summed E-state index contributed by atoms with van der Waals surface area (Å²) in [7, 11) is 0. The van der Waals surface area contributed by atoms with Crippen LogP contribution in [-0.4, -0.2) is 12.2 Å². The minimum absolute atomic E-state index is 0.118. The van der Waals surface area contributed by atoms with Gasteiger partial charge in [-0.2, -0.15) is 0 Å².